The Labute approximate surface area is 95.8 Å². The Kier molecular flexibility index (Phi) is 4.15. The van der Waals surface area contributed by atoms with Crippen molar-refractivity contribution in [1.29, 1.82) is 0 Å². The fraction of sp³-hybridized carbons (Fsp3) is 0.833. The molecule has 1 heterocycles. The molecule has 0 radical (unpaired) electrons. The lowest BCUT2D eigenvalue weighted by Gasteiger charge is -2.36. The Morgan fingerprint density at radius 1 is 1.47 bits per heavy atom. The molecule has 3 heteroatoms. The van der Waals surface area contributed by atoms with E-state index < -0.39 is 9.04 Å². The Balaban J connectivity index is 2.68. The first-order valence-electron chi connectivity index (χ1n) is 5.86. The smallest absolute Gasteiger partial charge is 0.171 e. The van der Waals surface area contributed by atoms with Crippen molar-refractivity contribution < 1.29 is 4.43 Å². The van der Waals surface area contributed by atoms with E-state index in [1.54, 1.807) is 0 Å². The Morgan fingerprint density at radius 3 is 2.40 bits per heavy atom. The second-order valence-electron chi connectivity index (χ2n) is 5.91. The maximum absolute atomic E-state index is 6.18. The molecule has 0 aromatic carbocycles. The highest BCUT2D eigenvalue weighted by molar-refractivity contribution is 6.48. The van der Waals surface area contributed by atoms with E-state index in [0.717, 1.165) is 13.0 Å². The van der Waals surface area contributed by atoms with Gasteiger partial charge in [-0.2, -0.15) is 0 Å². The zero-order valence-electron chi connectivity index (χ0n) is 10.8. The summed E-state index contributed by atoms with van der Waals surface area (Å²) in [6.07, 6.45) is 1.40. The second-order valence-corrected chi connectivity index (χ2v) is 8.28. The summed E-state index contributed by atoms with van der Waals surface area (Å²) in [5.74, 6) is 0. The van der Waals surface area contributed by atoms with E-state index in [2.05, 4.69) is 45.8 Å². The number of hydrogen-bond acceptors (Lipinski definition) is 2. The average molecular weight is 227 g/mol. The van der Waals surface area contributed by atoms with E-state index >= 15 is 0 Å². The Hall–Kier alpha value is -0.123. The van der Waals surface area contributed by atoms with Crippen LogP contribution in [0.5, 0.6) is 0 Å². The molecular formula is C12H25NOSi. The molecule has 0 saturated carbocycles. The SMILES string of the molecule is C=C1CN[C@H](C(O[SiH](C)C)C(C)(C)C)C1. The molecule has 0 spiro atoms. The third-order valence-electron chi connectivity index (χ3n) is 2.76. The lowest BCUT2D eigenvalue weighted by molar-refractivity contribution is 0.0572. The first-order chi connectivity index (χ1) is 6.80. The summed E-state index contributed by atoms with van der Waals surface area (Å²) in [4.78, 5) is 0. The summed E-state index contributed by atoms with van der Waals surface area (Å²) in [7, 11) is -0.974. The van der Waals surface area contributed by atoms with Gasteiger partial charge in [0.1, 0.15) is 0 Å². The van der Waals surface area contributed by atoms with Gasteiger partial charge in [0.05, 0.1) is 6.10 Å². The highest BCUT2D eigenvalue weighted by atomic mass is 28.3. The molecule has 1 aliphatic rings. The van der Waals surface area contributed by atoms with Crippen LogP contribution in [0.15, 0.2) is 12.2 Å². The van der Waals surface area contributed by atoms with Crippen LogP contribution in [0, 0.1) is 5.41 Å². The van der Waals surface area contributed by atoms with Gasteiger partial charge in [0.2, 0.25) is 0 Å². The fourth-order valence-electron chi connectivity index (χ4n) is 2.14. The molecule has 1 rings (SSSR count). The van der Waals surface area contributed by atoms with Crippen molar-refractivity contribution in [2.45, 2.75) is 52.4 Å². The van der Waals surface area contributed by atoms with Gasteiger partial charge in [0, 0.05) is 12.6 Å². The predicted molar refractivity (Wildman–Crippen MR) is 68.8 cm³/mol. The zero-order valence-corrected chi connectivity index (χ0v) is 11.9. The number of hydrogen-bond donors (Lipinski definition) is 1. The lowest BCUT2D eigenvalue weighted by atomic mass is 9.84. The normalized spacial score (nSPS) is 24.9. The third-order valence-corrected chi connectivity index (χ3v) is 3.60. The van der Waals surface area contributed by atoms with E-state index in [4.69, 9.17) is 4.43 Å². The molecule has 2 atom stereocenters. The molecule has 1 saturated heterocycles. The van der Waals surface area contributed by atoms with Crippen LogP contribution in [0.4, 0.5) is 0 Å². The molecule has 0 aromatic heterocycles. The maximum atomic E-state index is 6.18. The minimum Gasteiger partial charge on any atom is -0.416 e. The van der Waals surface area contributed by atoms with Crippen molar-refractivity contribution in [2.75, 3.05) is 6.54 Å². The summed E-state index contributed by atoms with van der Waals surface area (Å²) < 4.78 is 6.18. The Morgan fingerprint density at radius 2 is 2.07 bits per heavy atom. The fourth-order valence-corrected chi connectivity index (χ4v) is 3.32. The maximum Gasteiger partial charge on any atom is 0.171 e. The second kappa shape index (κ2) is 4.81. The van der Waals surface area contributed by atoms with Crippen LogP contribution in [0.25, 0.3) is 0 Å². The van der Waals surface area contributed by atoms with Gasteiger partial charge in [-0.05, 0) is 24.9 Å². The zero-order chi connectivity index (χ0) is 11.6. The number of nitrogens with one attached hydrogen (secondary N) is 1. The van der Waals surface area contributed by atoms with Gasteiger partial charge in [0.25, 0.3) is 0 Å². The topological polar surface area (TPSA) is 21.3 Å². The molecule has 15 heavy (non-hydrogen) atoms. The van der Waals surface area contributed by atoms with Gasteiger partial charge in [-0.15, -0.1) is 0 Å². The largest absolute Gasteiger partial charge is 0.416 e. The molecule has 88 valence electrons. The summed E-state index contributed by atoms with van der Waals surface area (Å²) >= 11 is 0. The van der Waals surface area contributed by atoms with E-state index in [9.17, 15) is 0 Å². The highest BCUT2D eigenvalue weighted by Gasteiger charge is 2.35. The highest BCUT2D eigenvalue weighted by Crippen LogP contribution is 2.30. The first-order valence-corrected chi connectivity index (χ1v) is 8.64. The molecule has 1 aliphatic heterocycles. The van der Waals surface area contributed by atoms with E-state index in [-0.39, 0.29) is 5.41 Å². The molecule has 2 nitrogen and oxygen atoms in total. The minimum atomic E-state index is -0.974. The van der Waals surface area contributed by atoms with Crippen molar-refractivity contribution in [2.24, 2.45) is 5.41 Å². The summed E-state index contributed by atoms with van der Waals surface area (Å²) in [5, 5.41) is 3.52. The standard InChI is InChI=1S/C12H25NOSi/c1-9-7-10(13-8-9)11(12(2,3)4)14-15(5)6/h10-11,13,15H,1,7-8H2,2-6H3/t10-,11?/m0/s1. The van der Waals surface area contributed by atoms with Gasteiger partial charge in [0.15, 0.2) is 9.04 Å². The van der Waals surface area contributed by atoms with Crippen molar-refractivity contribution in [1.82, 2.24) is 5.32 Å². The molecule has 0 bridgehead atoms. The van der Waals surface area contributed by atoms with Gasteiger partial charge < -0.3 is 9.74 Å². The van der Waals surface area contributed by atoms with Crippen LogP contribution in [0.1, 0.15) is 27.2 Å². The van der Waals surface area contributed by atoms with Gasteiger partial charge in [-0.25, -0.2) is 0 Å². The molecule has 0 aromatic rings. The van der Waals surface area contributed by atoms with Gasteiger partial charge in [-0.1, -0.05) is 32.9 Å². The van der Waals surface area contributed by atoms with Crippen LogP contribution < -0.4 is 5.32 Å². The third kappa shape index (κ3) is 3.74. The van der Waals surface area contributed by atoms with Gasteiger partial charge >= 0.3 is 0 Å². The molecule has 1 unspecified atom stereocenters. The Bertz CT molecular complexity index is 232. The molecule has 1 N–H and O–H groups in total. The monoisotopic (exact) mass is 227 g/mol. The number of rotatable bonds is 3. The predicted octanol–water partition coefficient (Wildman–Crippen LogP) is 2.32. The van der Waals surface area contributed by atoms with Crippen molar-refractivity contribution in [3.8, 4) is 0 Å². The van der Waals surface area contributed by atoms with E-state index in [0.29, 0.717) is 12.1 Å². The molecule has 0 amide bonds. The average Bonchev–Trinajstić information content (AvgIpc) is 2.45. The van der Waals surface area contributed by atoms with Crippen molar-refractivity contribution >= 4 is 9.04 Å². The van der Waals surface area contributed by atoms with E-state index in [1.807, 2.05) is 0 Å². The van der Waals surface area contributed by atoms with Crippen LogP contribution in [0.2, 0.25) is 13.1 Å². The molecular weight excluding hydrogens is 202 g/mol. The first kappa shape index (κ1) is 12.9. The molecule has 1 fully saturated rings. The summed E-state index contributed by atoms with van der Waals surface area (Å²) in [6.45, 7) is 16.3. The van der Waals surface area contributed by atoms with Gasteiger partial charge in [-0.3, -0.25) is 0 Å². The van der Waals surface area contributed by atoms with Crippen LogP contribution in [-0.2, 0) is 4.43 Å². The van der Waals surface area contributed by atoms with Crippen LogP contribution >= 0.6 is 0 Å². The quantitative estimate of drug-likeness (QED) is 0.590. The summed E-state index contributed by atoms with van der Waals surface area (Å²) in [6, 6.07) is 0.465. The lowest BCUT2D eigenvalue weighted by Crippen LogP contribution is -2.46. The van der Waals surface area contributed by atoms with Crippen LogP contribution in [0.3, 0.4) is 0 Å². The van der Waals surface area contributed by atoms with Crippen molar-refractivity contribution in [3.63, 3.8) is 0 Å². The minimum absolute atomic E-state index is 0.208. The van der Waals surface area contributed by atoms with E-state index in [1.165, 1.54) is 5.57 Å². The summed E-state index contributed by atoms with van der Waals surface area (Å²) in [5.41, 5.74) is 1.52. The molecule has 0 aliphatic carbocycles. The van der Waals surface area contributed by atoms with Crippen LogP contribution in [-0.4, -0.2) is 27.7 Å². The van der Waals surface area contributed by atoms with Crippen molar-refractivity contribution in [3.05, 3.63) is 12.2 Å².